The molecule has 234 valence electrons. The van der Waals surface area contributed by atoms with Gasteiger partial charge >= 0.3 is 6.03 Å². The number of hydrogen-bond donors (Lipinski definition) is 3. The van der Waals surface area contributed by atoms with Gasteiger partial charge in [0.1, 0.15) is 0 Å². The number of benzene rings is 3. The molecule has 0 saturated carbocycles. The van der Waals surface area contributed by atoms with Crippen molar-refractivity contribution in [2.24, 2.45) is 0 Å². The van der Waals surface area contributed by atoms with Crippen molar-refractivity contribution in [2.75, 3.05) is 67.9 Å². The minimum absolute atomic E-state index is 0.00912. The minimum atomic E-state index is -0.327. The largest absolute Gasteiger partial charge is 0.367 e. The predicted molar refractivity (Wildman–Crippen MR) is 183 cm³/mol. The van der Waals surface area contributed by atoms with E-state index in [0.29, 0.717) is 24.3 Å². The van der Waals surface area contributed by atoms with Crippen molar-refractivity contribution in [1.82, 2.24) is 15.1 Å². The molecule has 2 aliphatic heterocycles. The molecule has 0 radical (unpaired) electrons. The van der Waals surface area contributed by atoms with E-state index in [-0.39, 0.29) is 18.0 Å². The van der Waals surface area contributed by atoms with Crippen LogP contribution in [0.5, 0.6) is 0 Å². The van der Waals surface area contributed by atoms with Gasteiger partial charge in [-0.2, -0.15) is 0 Å². The summed E-state index contributed by atoms with van der Waals surface area (Å²) in [6.45, 7) is 10.3. The molecule has 3 aromatic carbocycles. The Balaban J connectivity index is 1.23. The number of rotatable bonds is 7. The van der Waals surface area contributed by atoms with Crippen LogP contribution in [0.3, 0.4) is 0 Å². The molecule has 3 aromatic rings. The van der Waals surface area contributed by atoms with Gasteiger partial charge in [-0.25, -0.2) is 4.79 Å². The fraction of sp³-hybridized carbons (Fsp3) is 0.351. The van der Waals surface area contributed by atoms with E-state index in [9.17, 15) is 9.59 Å². The zero-order valence-electron chi connectivity index (χ0n) is 26.4. The minimum Gasteiger partial charge on any atom is -0.367 e. The van der Waals surface area contributed by atoms with Gasteiger partial charge in [0.2, 0.25) is 0 Å². The van der Waals surface area contributed by atoms with Crippen LogP contribution >= 0.6 is 0 Å². The Morgan fingerprint density at radius 1 is 0.800 bits per heavy atom. The molecule has 6 rings (SSSR count). The van der Waals surface area contributed by atoms with Crippen LogP contribution in [0.4, 0.5) is 21.9 Å². The third-order valence-electron chi connectivity index (χ3n) is 8.85. The summed E-state index contributed by atoms with van der Waals surface area (Å²) in [4.78, 5) is 33.5. The maximum absolute atomic E-state index is 13.4. The number of amides is 3. The van der Waals surface area contributed by atoms with Gasteiger partial charge in [0.05, 0.1) is 17.4 Å². The Morgan fingerprint density at radius 2 is 1.53 bits per heavy atom. The Labute approximate surface area is 266 Å². The van der Waals surface area contributed by atoms with E-state index in [2.05, 4.69) is 80.4 Å². The smallest absolute Gasteiger partial charge is 0.323 e. The van der Waals surface area contributed by atoms with Crippen molar-refractivity contribution in [2.45, 2.75) is 32.7 Å². The first-order valence-corrected chi connectivity index (χ1v) is 16.2. The Hall–Kier alpha value is -4.40. The van der Waals surface area contributed by atoms with Crippen molar-refractivity contribution < 1.29 is 9.59 Å². The summed E-state index contributed by atoms with van der Waals surface area (Å²) in [5.41, 5.74) is 7.74. The number of hydrogen-bond acceptors (Lipinski definition) is 5. The van der Waals surface area contributed by atoms with Crippen molar-refractivity contribution in [3.05, 3.63) is 113 Å². The second-order valence-electron chi connectivity index (χ2n) is 12.2. The molecular formula is C37H44N6O2. The fourth-order valence-corrected chi connectivity index (χ4v) is 6.73. The van der Waals surface area contributed by atoms with Gasteiger partial charge < -0.3 is 25.8 Å². The average molecular weight is 605 g/mol. The highest BCUT2D eigenvalue weighted by Crippen LogP contribution is 2.35. The number of aryl methyl sites for hydroxylation is 2. The Morgan fingerprint density at radius 3 is 2.22 bits per heavy atom. The molecule has 2 fully saturated rings. The number of carbonyl (C=O) groups excluding carboxylic acids is 2. The van der Waals surface area contributed by atoms with Gasteiger partial charge in [0, 0.05) is 63.6 Å². The number of allylic oxidation sites excluding steroid dienone is 2. The SMILES string of the molecule is Cc1cc(C)cc(NC(=O)Nc2cc(C(=O)N3CCNCC3)ccc2N2CCN(C(C3=CCCC=C3)c3ccccc3)CC2)c1. The maximum Gasteiger partial charge on any atom is 0.323 e. The third-order valence-corrected chi connectivity index (χ3v) is 8.85. The zero-order chi connectivity index (χ0) is 31.2. The highest BCUT2D eigenvalue weighted by Gasteiger charge is 2.29. The molecule has 8 heteroatoms. The number of nitrogens with one attached hydrogen (secondary N) is 3. The maximum atomic E-state index is 13.4. The first-order chi connectivity index (χ1) is 21.9. The summed E-state index contributed by atoms with van der Waals surface area (Å²) in [6.07, 6.45) is 9.13. The molecule has 0 aromatic heterocycles. The molecule has 0 bridgehead atoms. The summed E-state index contributed by atoms with van der Waals surface area (Å²) in [5.74, 6) is -0.00912. The number of carbonyl (C=O) groups is 2. The highest BCUT2D eigenvalue weighted by atomic mass is 16.2. The molecule has 8 nitrogen and oxygen atoms in total. The molecule has 3 N–H and O–H groups in total. The summed E-state index contributed by atoms with van der Waals surface area (Å²) < 4.78 is 0. The molecule has 0 spiro atoms. The highest BCUT2D eigenvalue weighted by molar-refractivity contribution is 6.04. The molecule has 1 aliphatic carbocycles. The predicted octanol–water partition coefficient (Wildman–Crippen LogP) is 6.13. The molecule has 3 amide bonds. The normalized spacial score (nSPS) is 17.9. The quantitative estimate of drug-likeness (QED) is 0.302. The molecule has 3 aliphatic rings. The average Bonchev–Trinajstić information content (AvgIpc) is 3.06. The van der Waals surface area contributed by atoms with E-state index in [1.807, 2.05) is 49.1 Å². The Bertz CT molecular complexity index is 1550. The van der Waals surface area contributed by atoms with Crippen molar-refractivity contribution in [3.8, 4) is 0 Å². The lowest BCUT2D eigenvalue weighted by Gasteiger charge is -2.41. The molecule has 2 heterocycles. The zero-order valence-corrected chi connectivity index (χ0v) is 26.4. The monoisotopic (exact) mass is 604 g/mol. The lowest BCUT2D eigenvalue weighted by molar-refractivity contribution is 0.0736. The first-order valence-electron chi connectivity index (χ1n) is 16.2. The van der Waals surface area contributed by atoms with E-state index < -0.39 is 0 Å². The molecule has 1 unspecified atom stereocenters. The standard InChI is InChI=1S/C37H44N6O2/c1-27-23-28(2)25-32(24-27)39-37(45)40-33-26-31(36(44)43-17-15-38-16-18-43)13-14-34(33)41-19-21-42(22-20-41)35(29-9-5-3-6-10-29)30-11-7-4-8-12-30/h3,5-7,9-14,23-26,35,38H,4,8,15-22H2,1-2H3,(H2,39,40,45). The molecular weight excluding hydrogens is 560 g/mol. The van der Waals surface area contributed by atoms with Gasteiger partial charge in [-0.05, 0) is 79.3 Å². The topological polar surface area (TPSA) is 79.9 Å². The van der Waals surface area contributed by atoms with E-state index in [0.717, 1.165) is 74.6 Å². The summed E-state index contributed by atoms with van der Waals surface area (Å²) >= 11 is 0. The van der Waals surface area contributed by atoms with Crippen LogP contribution < -0.4 is 20.9 Å². The van der Waals surface area contributed by atoms with Crippen LogP contribution in [-0.2, 0) is 0 Å². The lowest BCUT2D eigenvalue weighted by atomic mass is 9.92. The van der Waals surface area contributed by atoms with E-state index in [1.165, 1.54) is 11.1 Å². The van der Waals surface area contributed by atoms with E-state index in [1.54, 1.807) is 0 Å². The van der Waals surface area contributed by atoms with Crippen LogP contribution in [0, 0.1) is 13.8 Å². The first kappa shape index (κ1) is 30.6. The number of anilines is 3. The van der Waals surface area contributed by atoms with Gasteiger partial charge in [-0.3, -0.25) is 9.69 Å². The fourth-order valence-electron chi connectivity index (χ4n) is 6.73. The van der Waals surface area contributed by atoms with Crippen LogP contribution in [0.1, 0.15) is 45.9 Å². The molecule has 2 saturated heterocycles. The lowest BCUT2D eigenvalue weighted by Crippen LogP contribution is -2.48. The van der Waals surface area contributed by atoms with Gasteiger partial charge in [-0.15, -0.1) is 0 Å². The van der Waals surface area contributed by atoms with Crippen LogP contribution in [0.25, 0.3) is 0 Å². The van der Waals surface area contributed by atoms with Crippen LogP contribution in [0.15, 0.2) is 90.5 Å². The summed E-state index contributed by atoms with van der Waals surface area (Å²) in [7, 11) is 0. The molecule has 45 heavy (non-hydrogen) atoms. The van der Waals surface area contributed by atoms with Crippen molar-refractivity contribution in [1.29, 1.82) is 0 Å². The van der Waals surface area contributed by atoms with Crippen molar-refractivity contribution in [3.63, 3.8) is 0 Å². The van der Waals surface area contributed by atoms with Gasteiger partial charge in [-0.1, -0.05) is 54.6 Å². The van der Waals surface area contributed by atoms with Crippen LogP contribution in [0.2, 0.25) is 0 Å². The number of urea groups is 1. The van der Waals surface area contributed by atoms with E-state index >= 15 is 0 Å². The number of nitrogens with zero attached hydrogens (tertiary/aromatic N) is 3. The number of piperazine rings is 2. The van der Waals surface area contributed by atoms with Gasteiger partial charge in [0.25, 0.3) is 5.91 Å². The second-order valence-corrected chi connectivity index (χ2v) is 12.2. The molecule has 1 atom stereocenters. The summed E-state index contributed by atoms with van der Waals surface area (Å²) in [5, 5.41) is 9.40. The van der Waals surface area contributed by atoms with Crippen molar-refractivity contribution >= 4 is 29.0 Å². The van der Waals surface area contributed by atoms with Crippen LogP contribution in [-0.4, -0.2) is 74.1 Å². The van der Waals surface area contributed by atoms with E-state index in [4.69, 9.17) is 0 Å². The third kappa shape index (κ3) is 7.47. The van der Waals surface area contributed by atoms with Gasteiger partial charge in [0.15, 0.2) is 0 Å². The second kappa shape index (κ2) is 14.1. The summed E-state index contributed by atoms with van der Waals surface area (Å²) in [6, 6.07) is 22.4. The Kier molecular flexibility index (Phi) is 9.62.